The van der Waals surface area contributed by atoms with Gasteiger partial charge in [-0.15, -0.1) is 0 Å². The summed E-state index contributed by atoms with van der Waals surface area (Å²) in [6, 6.07) is 8.28. The van der Waals surface area contributed by atoms with Crippen molar-refractivity contribution in [3.05, 3.63) is 35.4 Å². The molecule has 0 aliphatic rings. The van der Waals surface area contributed by atoms with Crippen molar-refractivity contribution in [3.8, 4) is 11.8 Å². The minimum Gasteiger partial charge on any atom is -0.369 e. The molecule has 0 unspecified atom stereocenters. The van der Waals surface area contributed by atoms with E-state index in [1.807, 2.05) is 13.0 Å². The van der Waals surface area contributed by atoms with E-state index >= 15 is 0 Å². The quantitative estimate of drug-likeness (QED) is 0.540. The Morgan fingerprint density at radius 2 is 2.00 bits per heavy atom. The lowest BCUT2D eigenvalue weighted by Crippen LogP contribution is -1.93. The van der Waals surface area contributed by atoms with Crippen molar-refractivity contribution in [1.29, 1.82) is 0 Å². The predicted octanol–water partition coefficient (Wildman–Crippen LogP) is 3.20. The van der Waals surface area contributed by atoms with Gasteiger partial charge in [-0.25, -0.2) is 0 Å². The van der Waals surface area contributed by atoms with Gasteiger partial charge in [0.2, 0.25) is 0 Å². The van der Waals surface area contributed by atoms with Crippen LogP contribution in [0.15, 0.2) is 24.3 Å². The highest BCUT2D eigenvalue weighted by atomic mass is 16.5. The normalized spacial score (nSPS) is 9.87. The van der Waals surface area contributed by atoms with E-state index in [4.69, 9.17) is 4.74 Å². The lowest BCUT2D eigenvalue weighted by atomic mass is 9.98. The number of hydrogen-bond acceptors (Lipinski definition) is 1. The van der Waals surface area contributed by atoms with Crippen LogP contribution in [0.3, 0.4) is 0 Å². The van der Waals surface area contributed by atoms with E-state index in [0.717, 1.165) is 12.2 Å². The molecule has 0 heterocycles. The number of rotatable bonds is 3. The van der Waals surface area contributed by atoms with E-state index < -0.39 is 0 Å². The van der Waals surface area contributed by atoms with Crippen molar-refractivity contribution in [1.82, 2.24) is 0 Å². The minimum absolute atomic E-state index is 0.516. The van der Waals surface area contributed by atoms with Crippen LogP contribution in [0.25, 0.3) is 0 Å². The van der Waals surface area contributed by atoms with Gasteiger partial charge in [0.1, 0.15) is 6.61 Å². The van der Waals surface area contributed by atoms with Gasteiger partial charge in [0.25, 0.3) is 0 Å². The first-order chi connectivity index (χ1) is 7.25. The second kappa shape index (κ2) is 6.27. The van der Waals surface area contributed by atoms with Crippen molar-refractivity contribution < 1.29 is 4.74 Å². The molecule has 1 nitrogen and oxygen atoms in total. The Hall–Kier alpha value is -1.26. The molecule has 0 N–H and O–H groups in total. The van der Waals surface area contributed by atoms with Gasteiger partial charge in [-0.05, 0) is 24.5 Å². The molecule has 80 valence electrons. The fourth-order valence-corrected chi connectivity index (χ4v) is 1.40. The molecule has 0 saturated carbocycles. The molecule has 1 aromatic rings. The Labute approximate surface area is 92.5 Å². The molecule has 0 spiro atoms. The van der Waals surface area contributed by atoms with Crippen molar-refractivity contribution in [2.45, 2.75) is 26.7 Å². The maximum absolute atomic E-state index is 5.18. The van der Waals surface area contributed by atoms with Gasteiger partial charge in [0.05, 0.1) is 0 Å². The molecule has 0 aliphatic heterocycles. The molecule has 1 aromatic carbocycles. The largest absolute Gasteiger partial charge is 0.369 e. The molecule has 15 heavy (non-hydrogen) atoms. The van der Waals surface area contributed by atoms with Crippen molar-refractivity contribution >= 4 is 0 Å². The first-order valence-electron chi connectivity index (χ1n) is 5.41. The van der Waals surface area contributed by atoms with Gasteiger partial charge in [-0.1, -0.05) is 43.9 Å². The lowest BCUT2D eigenvalue weighted by Gasteiger charge is -2.07. The van der Waals surface area contributed by atoms with E-state index in [0.29, 0.717) is 12.5 Å². The monoisotopic (exact) mass is 202 g/mol. The zero-order valence-electron chi connectivity index (χ0n) is 9.71. The van der Waals surface area contributed by atoms with Crippen LogP contribution in [0.5, 0.6) is 0 Å². The summed E-state index contributed by atoms with van der Waals surface area (Å²) in [5, 5.41) is 0. The molecule has 0 saturated heterocycles. The fourth-order valence-electron chi connectivity index (χ4n) is 1.40. The maximum atomic E-state index is 5.18. The van der Waals surface area contributed by atoms with Crippen molar-refractivity contribution in [3.63, 3.8) is 0 Å². The first kappa shape index (κ1) is 11.8. The van der Waals surface area contributed by atoms with Crippen molar-refractivity contribution in [2.75, 3.05) is 13.2 Å². The topological polar surface area (TPSA) is 9.23 Å². The van der Waals surface area contributed by atoms with Gasteiger partial charge in [-0.2, -0.15) is 0 Å². The highest BCUT2D eigenvalue weighted by Gasteiger charge is 2.02. The predicted molar refractivity (Wildman–Crippen MR) is 63.9 cm³/mol. The molecule has 0 bridgehead atoms. The number of ether oxygens (including phenoxy) is 1. The Balaban J connectivity index is 2.78. The third-order valence-electron chi connectivity index (χ3n) is 2.18. The third-order valence-corrected chi connectivity index (χ3v) is 2.18. The summed E-state index contributed by atoms with van der Waals surface area (Å²) < 4.78 is 5.18. The van der Waals surface area contributed by atoms with Crippen LogP contribution >= 0.6 is 0 Å². The summed E-state index contributed by atoms with van der Waals surface area (Å²) in [5.74, 6) is 6.70. The average Bonchev–Trinajstić information content (AvgIpc) is 2.25. The Morgan fingerprint density at radius 1 is 1.27 bits per heavy atom. The van der Waals surface area contributed by atoms with Gasteiger partial charge < -0.3 is 4.74 Å². The smallest absolute Gasteiger partial charge is 0.108 e. The van der Waals surface area contributed by atoms with Crippen LogP contribution in [0.1, 0.15) is 37.8 Å². The molecule has 0 aromatic heterocycles. The zero-order chi connectivity index (χ0) is 11.1. The lowest BCUT2D eigenvalue weighted by molar-refractivity contribution is 0.182. The highest BCUT2D eigenvalue weighted by molar-refractivity contribution is 5.42. The molecular weight excluding hydrogens is 184 g/mol. The molecule has 0 fully saturated rings. The van der Waals surface area contributed by atoms with Crippen molar-refractivity contribution in [2.24, 2.45) is 0 Å². The fraction of sp³-hybridized carbons (Fsp3) is 0.429. The van der Waals surface area contributed by atoms with Gasteiger partial charge in [-0.3, -0.25) is 0 Å². The van der Waals surface area contributed by atoms with E-state index in [1.165, 1.54) is 5.56 Å². The Bertz CT molecular complexity index is 355. The average molecular weight is 202 g/mol. The van der Waals surface area contributed by atoms with Crippen LogP contribution in [0.2, 0.25) is 0 Å². The Morgan fingerprint density at radius 3 is 2.67 bits per heavy atom. The minimum atomic E-state index is 0.516. The molecule has 0 aliphatic carbocycles. The SMILES string of the molecule is CCOCC#Cc1ccccc1C(C)C. The molecule has 1 heteroatoms. The molecule has 0 amide bonds. The van der Waals surface area contributed by atoms with Gasteiger partial charge >= 0.3 is 0 Å². The summed E-state index contributed by atoms with van der Waals surface area (Å²) in [5.41, 5.74) is 2.42. The summed E-state index contributed by atoms with van der Waals surface area (Å²) in [6.07, 6.45) is 0. The number of benzene rings is 1. The first-order valence-corrected chi connectivity index (χ1v) is 5.41. The van der Waals surface area contributed by atoms with Crippen LogP contribution in [-0.4, -0.2) is 13.2 Å². The Kier molecular flexibility index (Phi) is 4.93. The molecule has 0 radical (unpaired) electrons. The second-order valence-corrected chi connectivity index (χ2v) is 3.68. The maximum Gasteiger partial charge on any atom is 0.108 e. The molecular formula is C14H18O. The van der Waals surface area contributed by atoms with E-state index in [1.54, 1.807) is 0 Å². The van der Waals surface area contributed by atoms with E-state index in [2.05, 4.69) is 43.9 Å². The molecule has 0 atom stereocenters. The van der Waals surface area contributed by atoms with E-state index in [9.17, 15) is 0 Å². The summed E-state index contributed by atoms with van der Waals surface area (Å²) >= 11 is 0. The molecule has 1 rings (SSSR count). The van der Waals surface area contributed by atoms with Gasteiger partial charge in [0.15, 0.2) is 0 Å². The third kappa shape index (κ3) is 3.77. The van der Waals surface area contributed by atoms with Crippen LogP contribution in [-0.2, 0) is 4.74 Å². The van der Waals surface area contributed by atoms with Crippen LogP contribution in [0.4, 0.5) is 0 Å². The summed E-state index contributed by atoms with van der Waals surface area (Å²) in [4.78, 5) is 0. The second-order valence-electron chi connectivity index (χ2n) is 3.68. The van der Waals surface area contributed by atoms with Crippen LogP contribution < -0.4 is 0 Å². The number of hydrogen-bond donors (Lipinski definition) is 0. The summed E-state index contributed by atoms with van der Waals surface area (Å²) in [7, 11) is 0. The summed E-state index contributed by atoms with van der Waals surface area (Å²) in [6.45, 7) is 7.58. The highest BCUT2D eigenvalue weighted by Crippen LogP contribution is 2.17. The van der Waals surface area contributed by atoms with E-state index in [-0.39, 0.29) is 0 Å². The standard InChI is InChI=1S/C14H18O/c1-4-15-11-7-9-13-8-5-6-10-14(13)12(2)3/h5-6,8,10,12H,4,11H2,1-3H3. The van der Waals surface area contributed by atoms with Gasteiger partial charge in [0, 0.05) is 12.2 Å². The van der Waals surface area contributed by atoms with Crippen LogP contribution in [0, 0.1) is 11.8 Å². The zero-order valence-corrected chi connectivity index (χ0v) is 9.71.